The molecule has 1 aliphatic heterocycles. The predicted molar refractivity (Wildman–Crippen MR) is 69.9 cm³/mol. The summed E-state index contributed by atoms with van der Waals surface area (Å²) in [6.45, 7) is 7.83. The molecule has 1 saturated heterocycles. The second-order valence-corrected chi connectivity index (χ2v) is 5.61. The summed E-state index contributed by atoms with van der Waals surface area (Å²) in [4.78, 5) is 11.5. The quantitative estimate of drug-likeness (QED) is 0.476. The number of fused-ring (bicyclic) bond motifs is 1. The zero-order valence-corrected chi connectivity index (χ0v) is 11.2. The fourth-order valence-electron chi connectivity index (χ4n) is 2.88. The van der Waals surface area contributed by atoms with Crippen molar-refractivity contribution in [2.24, 2.45) is 11.8 Å². The van der Waals surface area contributed by atoms with Crippen LogP contribution in [0.3, 0.4) is 0 Å². The summed E-state index contributed by atoms with van der Waals surface area (Å²) >= 11 is 0. The summed E-state index contributed by atoms with van der Waals surface area (Å²) in [5.41, 5.74) is 2.01. The van der Waals surface area contributed by atoms with Gasteiger partial charge in [-0.2, -0.15) is 0 Å². The van der Waals surface area contributed by atoms with Crippen LogP contribution in [0.5, 0.6) is 0 Å². The maximum Gasteiger partial charge on any atom is 0.334 e. The number of ether oxygens (including phenoxy) is 1. The van der Waals surface area contributed by atoms with Crippen LogP contribution in [-0.2, 0) is 9.53 Å². The van der Waals surface area contributed by atoms with E-state index in [1.807, 2.05) is 6.92 Å². The highest BCUT2D eigenvalue weighted by atomic mass is 16.6. The molecule has 2 aliphatic rings. The Bertz CT molecular complexity index is 381. The highest BCUT2D eigenvalue weighted by Crippen LogP contribution is 2.39. The Morgan fingerprint density at radius 1 is 1.61 bits per heavy atom. The number of hydrogen-bond acceptors (Lipinski definition) is 3. The van der Waals surface area contributed by atoms with Crippen molar-refractivity contribution in [2.45, 2.75) is 51.7 Å². The number of rotatable bonds is 3. The second kappa shape index (κ2) is 5.27. The maximum absolute atomic E-state index is 11.5. The highest BCUT2D eigenvalue weighted by Gasteiger charge is 2.40. The fraction of sp³-hybridized carbons (Fsp3) is 0.667. The summed E-state index contributed by atoms with van der Waals surface area (Å²) in [7, 11) is 0. The van der Waals surface area contributed by atoms with Crippen molar-refractivity contribution in [1.29, 1.82) is 0 Å². The van der Waals surface area contributed by atoms with E-state index in [0.717, 1.165) is 25.7 Å². The number of esters is 1. The lowest BCUT2D eigenvalue weighted by Crippen LogP contribution is -2.17. The van der Waals surface area contributed by atoms with Gasteiger partial charge in [-0.05, 0) is 38.5 Å². The Hall–Kier alpha value is -1.09. The van der Waals surface area contributed by atoms with E-state index in [-0.39, 0.29) is 24.1 Å². The molecule has 0 bridgehead atoms. The van der Waals surface area contributed by atoms with Crippen LogP contribution in [0.15, 0.2) is 23.8 Å². The third-order valence-corrected chi connectivity index (χ3v) is 4.12. The molecule has 0 saturated carbocycles. The van der Waals surface area contributed by atoms with Crippen molar-refractivity contribution < 1.29 is 14.6 Å². The number of aliphatic hydroxyl groups excluding tert-OH is 1. The van der Waals surface area contributed by atoms with Crippen LogP contribution in [0.4, 0.5) is 0 Å². The predicted octanol–water partition coefficient (Wildman–Crippen LogP) is 2.60. The van der Waals surface area contributed by atoms with Gasteiger partial charge in [-0.15, -0.1) is 0 Å². The summed E-state index contributed by atoms with van der Waals surface area (Å²) in [6.07, 6.45) is 5.42. The van der Waals surface area contributed by atoms with E-state index in [0.29, 0.717) is 11.5 Å². The number of carbonyl (C=O) groups is 1. The molecular weight excluding hydrogens is 228 g/mol. The Kier molecular flexibility index (Phi) is 3.91. The van der Waals surface area contributed by atoms with Gasteiger partial charge in [0.1, 0.15) is 6.10 Å². The van der Waals surface area contributed by atoms with Crippen LogP contribution in [0.25, 0.3) is 0 Å². The topological polar surface area (TPSA) is 46.5 Å². The lowest BCUT2D eigenvalue weighted by molar-refractivity contribution is -0.139. The average Bonchev–Trinajstić information content (AvgIpc) is 2.46. The molecule has 0 spiro atoms. The van der Waals surface area contributed by atoms with Crippen molar-refractivity contribution >= 4 is 5.97 Å². The smallest absolute Gasteiger partial charge is 0.334 e. The van der Waals surface area contributed by atoms with Gasteiger partial charge in [-0.1, -0.05) is 25.2 Å². The van der Waals surface area contributed by atoms with E-state index >= 15 is 0 Å². The van der Waals surface area contributed by atoms with Gasteiger partial charge in [0.15, 0.2) is 0 Å². The van der Waals surface area contributed by atoms with E-state index in [9.17, 15) is 9.90 Å². The maximum atomic E-state index is 11.5. The summed E-state index contributed by atoms with van der Waals surface area (Å²) in [5, 5.41) is 9.37. The third kappa shape index (κ3) is 2.66. The molecule has 1 fully saturated rings. The molecule has 1 aliphatic carbocycles. The van der Waals surface area contributed by atoms with Gasteiger partial charge in [-0.3, -0.25) is 0 Å². The molecule has 1 heterocycles. The minimum absolute atomic E-state index is 0.000278. The van der Waals surface area contributed by atoms with E-state index in [2.05, 4.69) is 19.6 Å². The zero-order valence-electron chi connectivity index (χ0n) is 11.2. The van der Waals surface area contributed by atoms with E-state index in [1.54, 1.807) is 0 Å². The molecule has 18 heavy (non-hydrogen) atoms. The number of aliphatic hydroxyl groups is 1. The van der Waals surface area contributed by atoms with Gasteiger partial charge < -0.3 is 9.84 Å². The molecule has 1 N–H and O–H groups in total. The van der Waals surface area contributed by atoms with Crippen LogP contribution < -0.4 is 0 Å². The molecule has 2 rings (SSSR count). The molecule has 3 nitrogen and oxygen atoms in total. The van der Waals surface area contributed by atoms with Gasteiger partial charge in [0, 0.05) is 11.5 Å². The lowest BCUT2D eigenvalue weighted by Gasteiger charge is -2.18. The third-order valence-electron chi connectivity index (χ3n) is 4.12. The molecule has 0 aromatic heterocycles. The van der Waals surface area contributed by atoms with E-state index in [4.69, 9.17) is 4.74 Å². The molecular formula is C15H22O3. The van der Waals surface area contributed by atoms with E-state index in [1.165, 1.54) is 5.57 Å². The minimum atomic E-state index is -0.256. The van der Waals surface area contributed by atoms with Crippen LogP contribution in [0, 0.1) is 11.8 Å². The van der Waals surface area contributed by atoms with Gasteiger partial charge in [0.2, 0.25) is 0 Å². The van der Waals surface area contributed by atoms with Gasteiger partial charge >= 0.3 is 5.97 Å². The summed E-state index contributed by atoms with van der Waals surface area (Å²) in [6, 6.07) is 0. The number of carbonyl (C=O) groups excluding carboxylic acids is 1. The molecule has 0 radical (unpaired) electrons. The van der Waals surface area contributed by atoms with Gasteiger partial charge in [0.05, 0.1) is 6.10 Å². The first-order valence-electron chi connectivity index (χ1n) is 6.75. The van der Waals surface area contributed by atoms with Crippen LogP contribution in [0.2, 0.25) is 0 Å². The molecule has 0 aromatic carbocycles. The first kappa shape index (κ1) is 13.3. The molecule has 3 heteroatoms. The van der Waals surface area contributed by atoms with Crippen molar-refractivity contribution in [3.63, 3.8) is 0 Å². The van der Waals surface area contributed by atoms with Crippen LogP contribution in [-0.4, -0.2) is 23.3 Å². The zero-order chi connectivity index (χ0) is 13.3. The lowest BCUT2D eigenvalue weighted by atomic mass is 9.90. The molecule has 100 valence electrons. The van der Waals surface area contributed by atoms with Crippen molar-refractivity contribution in [3.8, 4) is 0 Å². The van der Waals surface area contributed by atoms with E-state index < -0.39 is 0 Å². The molecule has 0 amide bonds. The van der Waals surface area contributed by atoms with Gasteiger partial charge in [-0.25, -0.2) is 4.79 Å². The first-order valence-corrected chi connectivity index (χ1v) is 6.75. The Labute approximate surface area is 109 Å². The standard InChI is InChI=1S/C15H22O3/c1-9-8-14-13(11(3)15(17)18-14)7-6-12(9)5-4-10(2)16/h6,9-10,13-14,16H,3-5,7-8H2,1-2H3/t9-,10-,13+,14+/m0/s1. The Balaban J connectivity index is 2.06. The van der Waals surface area contributed by atoms with Crippen molar-refractivity contribution in [3.05, 3.63) is 23.8 Å². The largest absolute Gasteiger partial charge is 0.458 e. The SMILES string of the molecule is C=C1C(=O)O[C@@H]2C[C@H](C)C(CC[C@H](C)O)=CC[C@H]12. The molecule has 0 aromatic rings. The highest BCUT2D eigenvalue weighted by molar-refractivity contribution is 5.90. The number of hydrogen-bond donors (Lipinski definition) is 1. The normalized spacial score (nSPS) is 33.5. The van der Waals surface area contributed by atoms with Crippen molar-refractivity contribution in [1.82, 2.24) is 0 Å². The molecule has 4 atom stereocenters. The monoisotopic (exact) mass is 250 g/mol. The Morgan fingerprint density at radius 3 is 3.00 bits per heavy atom. The first-order chi connectivity index (χ1) is 8.49. The summed E-state index contributed by atoms with van der Waals surface area (Å²) < 4.78 is 5.38. The summed E-state index contributed by atoms with van der Waals surface area (Å²) in [5.74, 6) is 0.347. The Morgan fingerprint density at radius 2 is 2.33 bits per heavy atom. The minimum Gasteiger partial charge on any atom is -0.458 e. The van der Waals surface area contributed by atoms with Crippen LogP contribution in [0.1, 0.15) is 39.5 Å². The fourth-order valence-corrected chi connectivity index (χ4v) is 2.88. The average molecular weight is 250 g/mol. The molecule has 0 unspecified atom stereocenters. The van der Waals surface area contributed by atoms with Gasteiger partial charge in [0.25, 0.3) is 0 Å². The van der Waals surface area contributed by atoms with Crippen molar-refractivity contribution in [2.75, 3.05) is 0 Å². The van der Waals surface area contributed by atoms with Crippen LogP contribution >= 0.6 is 0 Å². The second-order valence-electron chi connectivity index (χ2n) is 5.61. The number of allylic oxidation sites excluding steroid dienone is 2.